The Balaban J connectivity index is 1.09. The zero-order chi connectivity index (χ0) is 33.9. The number of likely N-dealkylation sites (N-methyl/N-ethyl adjacent to an activating group) is 1. The summed E-state index contributed by atoms with van der Waals surface area (Å²) in [5.74, 6) is -0.926. The Morgan fingerprint density at radius 1 is 0.816 bits per heavy atom. The highest BCUT2D eigenvalue weighted by atomic mass is 32.1. The van der Waals surface area contributed by atoms with Crippen molar-refractivity contribution in [2.24, 2.45) is 0 Å². The SMILES string of the molecule is CN(Cc1ccc(F)cc1)C(=O)[C@@H](NC(=O)c1nc2ccc(NC(=O)c3ccccc3-c3nc4ccccc4[nH]3)cc2s1)c1ccccc1. The van der Waals surface area contributed by atoms with E-state index in [2.05, 4.69) is 25.6 Å². The summed E-state index contributed by atoms with van der Waals surface area (Å²) in [6.07, 6.45) is 0. The molecule has 0 unspecified atom stereocenters. The van der Waals surface area contributed by atoms with E-state index in [1.807, 2.05) is 42.5 Å². The van der Waals surface area contributed by atoms with Crippen LogP contribution in [0.2, 0.25) is 0 Å². The van der Waals surface area contributed by atoms with E-state index in [9.17, 15) is 18.8 Å². The molecule has 1 atom stereocenters. The number of rotatable bonds is 9. The summed E-state index contributed by atoms with van der Waals surface area (Å²) in [6.45, 7) is 0.233. The number of halogens is 1. The molecule has 11 heteroatoms. The Morgan fingerprint density at radius 3 is 2.35 bits per heavy atom. The lowest BCUT2D eigenvalue weighted by Gasteiger charge is -2.25. The summed E-state index contributed by atoms with van der Waals surface area (Å²) in [5.41, 5.74) is 5.27. The van der Waals surface area contributed by atoms with Gasteiger partial charge in [0, 0.05) is 24.8 Å². The molecule has 3 N–H and O–H groups in total. The first-order chi connectivity index (χ1) is 23.8. The van der Waals surface area contributed by atoms with E-state index in [4.69, 9.17) is 0 Å². The summed E-state index contributed by atoms with van der Waals surface area (Å²) >= 11 is 1.16. The predicted octanol–water partition coefficient (Wildman–Crippen LogP) is 7.36. The molecule has 0 radical (unpaired) electrons. The van der Waals surface area contributed by atoms with Crippen molar-refractivity contribution in [2.45, 2.75) is 12.6 Å². The maximum Gasteiger partial charge on any atom is 0.281 e. The molecule has 3 amide bonds. The van der Waals surface area contributed by atoms with Gasteiger partial charge in [0.05, 0.1) is 26.8 Å². The molecule has 0 bridgehead atoms. The molecule has 0 saturated heterocycles. The van der Waals surface area contributed by atoms with Crippen LogP contribution in [0.4, 0.5) is 10.1 Å². The first-order valence-corrected chi connectivity index (χ1v) is 16.3. The molecule has 0 aliphatic heterocycles. The van der Waals surface area contributed by atoms with Gasteiger partial charge in [-0.1, -0.05) is 72.8 Å². The van der Waals surface area contributed by atoms with Crippen LogP contribution in [0.25, 0.3) is 32.6 Å². The minimum atomic E-state index is -0.979. The van der Waals surface area contributed by atoms with E-state index in [1.54, 1.807) is 73.8 Å². The quantitative estimate of drug-likeness (QED) is 0.149. The minimum absolute atomic E-state index is 0.170. The maximum atomic E-state index is 13.7. The second-order valence-corrected chi connectivity index (χ2v) is 12.5. The van der Waals surface area contributed by atoms with Crippen LogP contribution in [0.15, 0.2) is 121 Å². The lowest BCUT2D eigenvalue weighted by atomic mass is 10.1. The van der Waals surface area contributed by atoms with E-state index < -0.39 is 11.9 Å². The van der Waals surface area contributed by atoms with Crippen molar-refractivity contribution in [3.05, 3.63) is 149 Å². The summed E-state index contributed by atoms with van der Waals surface area (Å²) in [4.78, 5) is 54.6. The lowest BCUT2D eigenvalue weighted by molar-refractivity contribution is -0.132. The number of nitrogens with one attached hydrogen (secondary N) is 3. The van der Waals surface area contributed by atoms with E-state index in [0.717, 1.165) is 27.9 Å². The lowest BCUT2D eigenvalue weighted by Crippen LogP contribution is -2.41. The smallest absolute Gasteiger partial charge is 0.281 e. The number of amides is 3. The van der Waals surface area contributed by atoms with Gasteiger partial charge in [-0.05, 0) is 59.7 Å². The number of carbonyl (C=O) groups excluding carboxylic acids is 3. The fourth-order valence-electron chi connectivity index (χ4n) is 5.55. The summed E-state index contributed by atoms with van der Waals surface area (Å²) in [7, 11) is 1.64. The van der Waals surface area contributed by atoms with Gasteiger partial charge in [0.25, 0.3) is 11.8 Å². The molecule has 49 heavy (non-hydrogen) atoms. The Hall–Kier alpha value is -6.20. The fraction of sp³-hybridized carbons (Fsp3) is 0.0789. The zero-order valence-electron chi connectivity index (χ0n) is 26.2. The molecule has 242 valence electrons. The maximum absolute atomic E-state index is 13.7. The predicted molar refractivity (Wildman–Crippen MR) is 189 cm³/mol. The van der Waals surface area contributed by atoms with Gasteiger partial charge in [-0.3, -0.25) is 14.4 Å². The topological polar surface area (TPSA) is 120 Å². The number of hydrogen-bond donors (Lipinski definition) is 3. The number of H-pyrrole nitrogens is 1. The first-order valence-electron chi connectivity index (χ1n) is 15.4. The molecule has 5 aromatic carbocycles. The third-order valence-electron chi connectivity index (χ3n) is 8.02. The van der Waals surface area contributed by atoms with Crippen LogP contribution in [-0.4, -0.2) is 44.6 Å². The summed E-state index contributed by atoms with van der Waals surface area (Å²) in [6, 6.07) is 34.1. The van der Waals surface area contributed by atoms with Crippen molar-refractivity contribution in [1.29, 1.82) is 0 Å². The van der Waals surface area contributed by atoms with Crippen molar-refractivity contribution in [3.8, 4) is 11.4 Å². The van der Waals surface area contributed by atoms with Gasteiger partial charge < -0.3 is 20.5 Å². The highest BCUT2D eigenvalue weighted by molar-refractivity contribution is 7.20. The first kappa shape index (κ1) is 31.4. The van der Waals surface area contributed by atoms with Crippen molar-refractivity contribution in [3.63, 3.8) is 0 Å². The number of benzene rings is 5. The van der Waals surface area contributed by atoms with Gasteiger partial charge in [-0.2, -0.15) is 0 Å². The normalized spacial score (nSPS) is 11.7. The van der Waals surface area contributed by atoms with Gasteiger partial charge in [-0.15, -0.1) is 11.3 Å². The zero-order valence-corrected chi connectivity index (χ0v) is 27.0. The highest BCUT2D eigenvalue weighted by Crippen LogP contribution is 2.29. The Labute approximate surface area is 284 Å². The van der Waals surface area contributed by atoms with Crippen LogP contribution in [0.1, 0.15) is 37.3 Å². The molecule has 0 fully saturated rings. The van der Waals surface area contributed by atoms with Gasteiger partial charge in [0.15, 0.2) is 5.01 Å². The van der Waals surface area contributed by atoms with E-state index in [0.29, 0.717) is 38.4 Å². The van der Waals surface area contributed by atoms with Gasteiger partial charge in [0.1, 0.15) is 17.7 Å². The van der Waals surface area contributed by atoms with Gasteiger partial charge >= 0.3 is 0 Å². The second kappa shape index (κ2) is 13.5. The number of imidazole rings is 1. The van der Waals surface area contributed by atoms with Crippen LogP contribution in [-0.2, 0) is 11.3 Å². The van der Waals surface area contributed by atoms with Gasteiger partial charge in [0.2, 0.25) is 5.91 Å². The number of nitrogens with zero attached hydrogens (tertiary/aromatic N) is 3. The molecule has 7 aromatic rings. The molecule has 0 aliphatic carbocycles. The number of carbonyl (C=O) groups is 3. The number of aromatic amines is 1. The minimum Gasteiger partial charge on any atom is -0.339 e. The van der Waals surface area contributed by atoms with Crippen LogP contribution >= 0.6 is 11.3 Å². The Bertz CT molecular complexity index is 2290. The second-order valence-electron chi connectivity index (χ2n) is 11.4. The molecule has 0 aliphatic rings. The van der Waals surface area contributed by atoms with Crippen molar-refractivity contribution >= 4 is 56.0 Å². The fourth-order valence-corrected chi connectivity index (χ4v) is 6.46. The Morgan fingerprint density at radius 2 is 1.55 bits per heavy atom. The number of hydrogen-bond acceptors (Lipinski definition) is 6. The number of thiazole rings is 1. The van der Waals surface area contributed by atoms with Crippen LogP contribution in [0, 0.1) is 5.82 Å². The molecule has 7 rings (SSSR count). The number of aromatic nitrogens is 3. The number of anilines is 1. The summed E-state index contributed by atoms with van der Waals surface area (Å²) in [5, 5.41) is 6.00. The van der Waals surface area contributed by atoms with Crippen LogP contribution in [0.3, 0.4) is 0 Å². The largest absolute Gasteiger partial charge is 0.339 e. The van der Waals surface area contributed by atoms with E-state index in [-0.39, 0.29) is 29.2 Å². The molecular weight excluding hydrogens is 640 g/mol. The average Bonchev–Trinajstić information content (AvgIpc) is 3.76. The third kappa shape index (κ3) is 6.78. The van der Waals surface area contributed by atoms with Gasteiger partial charge in [-0.25, -0.2) is 14.4 Å². The molecule has 9 nitrogen and oxygen atoms in total. The molecule has 0 saturated carbocycles. The van der Waals surface area contributed by atoms with Crippen LogP contribution < -0.4 is 10.6 Å². The number of fused-ring (bicyclic) bond motifs is 2. The van der Waals surface area contributed by atoms with E-state index >= 15 is 0 Å². The number of para-hydroxylation sites is 2. The monoisotopic (exact) mass is 668 g/mol. The Kier molecular flexibility index (Phi) is 8.65. The average molecular weight is 669 g/mol. The van der Waals surface area contributed by atoms with Crippen LogP contribution in [0.5, 0.6) is 0 Å². The standard InChI is InChI=1S/C38H29FN6O3S/c1-45(22-23-15-17-25(39)18-16-23)38(48)33(24-9-3-2-4-10-24)44-36(47)37-43-31-20-19-26(21-32(31)49-37)40-35(46)28-12-6-5-11-27(28)34-41-29-13-7-8-14-30(29)42-34/h2-21,33H,22H2,1H3,(H,40,46)(H,41,42)(H,44,47)/t33-/m0/s1. The molecule has 2 aromatic heterocycles. The molecule has 0 spiro atoms. The third-order valence-corrected chi connectivity index (χ3v) is 9.04. The van der Waals surface area contributed by atoms with Crippen molar-refractivity contribution in [2.75, 3.05) is 12.4 Å². The molecule has 2 heterocycles. The summed E-state index contributed by atoms with van der Waals surface area (Å²) < 4.78 is 14.1. The van der Waals surface area contributed by atoms with Crippen molar-refractivity contribution in [1.82, 2.24) is 25.2 Å². The van der Waals surface area contributed by atoms with E-state index in [1.165, 1.54) is 17.0 Å². The molecular formula is C38H29FN6O3S. The van der Waals surface area contributed by atoms with Crippen molar-refractivity contribution < 1.29 is 18.8 Å². The highest BCUT2D eigenvalue weighted by Gasteiger charge is 2.27.